The lowest BCUT2D eigenvalue weighted by molar-refractivity contribution is -0.137. The normalized spacial score (nSPS) is 22.1. The summed E-state index contributed by atoms with van der Waals surface area (Å²) in [6.45, 7) is 2.40. The van der Waals surface area contributed by atoms with Gasteiger partial charge in [0.2, 0.25) is 0 Å². The molecule has 0 spiro atoms. The first kappa shape index (κ1) is 17.3. The van der Waals surface area contributed by atoms with E-state index < -0.39 is 12.1 Å². The molecule has 0 aliphatic heterocycles. The monoisotopic (exact) mass is 319 g/mol. The molecule has 1 amide bonds. The molecular weight excluding hydrogens is 294 g/mol. The van der Waals surface area contributed by atoms with Crippen LogP contribution in [0.1, 0.15) is 44.6 Å². The predicted octanol–water partition coefficient (Wildman–Crippen LogP) is 3.58. The molecule has 0 bridgehead atoms. The number of carbonyl (C=O) groups is 2. The summed E-state index contributed by atoms with van der Waals surface area (Å²) >= 11 is 0. The largest absolute Gasteiger partial charge is 0.481 e. The number of hydrogen-bond donors (Lipinski definition) is 2. The number of carbonyl (C=O) groups excluding carboxylic acids is 1. The second kappa shape index (κ2) is 8.56. The van der Waals surface area contributed by atoms with E-state index in [9.17, 15) is 9.59 Å². The average Bonchev–Trinajstić information content (AvgIpc) is 2.53. The standard InChI is InChI=1S/C18H25NO4/c1-13-7-9-15(10-8-13)16(11-17(20)21)19-18(22)23-12-14-5-3-2-4-6-14/h2-6,13,15-16H,7-12H2,1H3,(H,19,22)(H,20,21). The van der Waals surface area contributed by atoms with Crippen LogP contribution in [-0.2, 0) is 16.1 Å². The molecule has 1 aromatic carbocycles. The number of alkyl carbamates (subject to hydrolysis) is 1. The molecule has 1 unspecified atom stereocenters. The molecule has 1 aromatic rings. The number of rotatable bonds is 6. The highest BCUT2D eigenvalue weighted by atomic mass is 16.5. The van der Waals surface area contributed by atoms with E-state index in [0.717, 1.165) is 31.2 Å². The highest BCUT2D eigenvalue weighted by molar-refractivity contribution is 5.71. The number of ether oxygens (including phenoxy) is 1. The van der Waals surface area contributed by atoms with E-state index in [4.69, 9.17) is 9.84 Å². The minimum atomic E-state index is -0.892. The summed E-state index contributed by atoms with van der Waals surface area (Å²) in [6, 6.07) is 9.06. The summed E-state index contributed by atoms with van der Waals surface area (Å²) in [7, 11) is 0. The van der Waals surface area contributed by atoms with E-state index in [0.29, 0.717) is 5.92 Å². The number of carboxylic acids is 1. The zero-order valence-corrected chi connectivity index (χ0v) is 13.5. The minimum Gasteiger partial charge on any atom is -0.481 e. The topological polar surface area (TPSA) is 75.6 Å². The number of benzene rings is 1. The van der Waals surface area contributed by atoms with Gasteiger partial charge < -0.3 is 15.2 Å². The Balaban J connectivity index is 1.86. The molecular formula is C18H25NO4. The lowest BCUT2D eigenvalue weighted by Crippen LogP contribution is -2.43. The third kappa shape index (κ3) is 5.93. The predicted molar refractivity (Wildman–Crippen MR) is 86.9 cm³/mol. The van der Waals surface area contributed by atoms with Crippen molar-refractivity contribution in [1.82, 2.24) is 5.32 Å². The van der Waals surface area contributed by atoms with Gasteiger partial charge in [-0.05, 0) is 30.2 Å². The Labute approximate surface area is 137 Å². The van der Waals surface area contributed by atoms with Crippen molar-refractivity contribution in [1.29, 1.82) is 0 Å². The molecule has 0 aromatic heterocycles. The van der Waals surface area contributed by atoms with Gasteiger partial charge in [0.05, 0.1) is 6.42 Å². The van der Waals surface area contributed by atoms with Crippen molar-refractivity contribution < 1.29 is 19.4 Å². The maximum Gasteiger partial charge on any atom is 0.407 e. The molecule has 5 heteroatoms. The minimum absolute atomic E-state index is 0.0561. The fraction of sp³-hybridized carbons (Fsp3) is 0.556. The van der Waals surface area contributed by atoms with E-state index in [1.165, 1.54) is 0 Å². The maximum absolute atomic E-state index is 12.0. The second-order valence-electron chi connectivity index (χ2n) is 6.43. The molecule has 2 N–H and O–H groups in total. The molecule has 1 aliphatic rings. The van der Waals surface area contributed by atoms with Crippen molar-refractivity contribution in [3.63, 3.8) is 0 Å². The van der Waals surface area contributed by atoms with Gasteiger partial charge in [0.15, 0.2) is 0 Å². The molecule has 1 fully saturated rings. The van der Waals surface area contributed by atoms with Gasteiger partial charge in [-0.15, -0.1) is 0 Å². The molecule has 0 radical (unpaired) electrons. The number of hydrogen-bond acceptors (Lipinski definition) is 3. The molecule has 2 rings (SSSR count). The molecule has 5 nitrogen and oxygen atoms in total. The summed E-state index contributed by atoms with van der Waals surface area (Å²) in [4.78, 5) is 23.1. The number of nitrogens with one attached hydrogen (secondary N) is 1. The molecule has 1 aliphatic carbocycles. The fourth-order valence-corrected chi connectivity index (χ4v) is 3.13. The van der Waals surface area contributed by atoms with Crippen LogP contribution < -0.4 is 5.32 Å². The highest BCUT2D eigenvalue weighted by Crippen LogP contribution is 2.31. The SMILES string of the molecule is CC1CCC(C(CC(=O)O)NC(=O)OCc2ccccc2)CC1. The highest BCUT2D eigenvalue weighted by Gasteiger charge is 2.29. The Kier molecular flexibility index (Phi) is 6.44. The van der Waals surface area contributed by atoms with E-state index in [2.05, 4.69) is 12.2 Å². The van der Waals surface area contributed by atoms with Crippen LogP contribution in [-0.4, -0.2) is 23.2 Å². The van der Waals surface area contributed by atoms with Crippen molar-refractivity contribution in [3.05, 3.63) is 35.9 Å². The van der Waals surface area contributed by atoms with Gasteiger partial charge in [0.25, 0.3) is 0 Å². The van der Waals surface area contributed by atoms with E-state index in [1.54, 1.807) is 0 Å². The quantitative estimate of drug-likeness (QED) is 0.840. The van der Waals surface area contributed by atoms with Gasteiger partial charge >= 0.3 is 12.1 Å². The zero-order chi connectivity index (χ0) is 16.7. The summed E-state index contributed by atoms with van der Waals surface area (Å²) in [5.74, 6) is 0.00492. The molecule has 1 atom stereocenters. The van der Waals surface area contributed by atoms with E-state index in [1.807, 2.05) is 30.3 Å². The van der Waals surface area contributed by atoms with E-state index >= 15 is 0 Å². The summed E-state index contributed by atoms with van der Waals surface area (Å²) in [5.41, 5.74) is 0.906. The van der Waals surface area contributed by atoms with Crippen molar-refractivity contribution in [3.8, 4) is 0 Å². The van der Waals surface area contributed by atoms with Crippen molar-refractivity contribution in [2.45, 2.75) is 51.7 Å². The van der Waals surface area contributed by atoms with Crippen LogP contribution in [0.4, 0.5) is 4.79 Å². The first-order chi connectivity index (χ1) is 11.0. The smallest absolute Gasteiger partial charge is 0.407 e. The maximum atomic E-state index is 12.0. The fourth-order valence-electron chi connectivity index (χ4n) is 3.13. The third-order valence-electron chi connectivity index (χ3n) is 4.54. The molecule has 0 heterocycles. The van der Waals surface area contributed by atoms with Crippen LogP contribution in [0.3, 0.4) is 0 Å². The Morgan fingerprint density at radius 3 is 2.48 bits per heavy atom. The summed E-state index contributed by atoms with van der Waals surface area (Å²) in [6.07, 6.45) is 3.48. The van der Waals surface area contributed by atoms with Crippen molar-refractivity contribution in [2.75, 3.05) is 0 Å². The van der Waals surface area contributed by atoms with Crippen LogP contribution in [0.5, 0.6) is 0 Å². The van der Waals surface area contributed by atoms with Crippen molar-refractivity contribution in [2.24, 2.45) is 11.8 Å². The Bertz CT molecular complexity index is 509. The summed E-state index contributed by atoms with van der Waals surface area (Å²) in [5, 5.41) is 11.9. The van der Waals surface area contributed by atoms with Crippen LogP contribution in [0.15, 0.2) is 30.3 Å². The first-order valence-corrected chi connectivity index (χ1v) is 8.23. The van der Waals surface area contributed by atoms with Gasteiger partial charge in [-0.2, -0.15) is 0 Å². The molecule has 126 valence electrons. The first-order valence-electron chi connectivity index (χ1n) is 8.23. The Morgan fingerprint density at radius 2 is 1.87 bits per heavy atom. The van der Waals surface area contributed by atoms with Gasteiger partial charge in [-0.25, -0.2) is 4.79 Å². The number of amides is 1. The van der Waals surface area contributed by atoms with Gasteiger partial charge in [-0.3, -0.25) is 4.79 Å². The second-order valence-corrected chi connectivity index (χ2v) is 6.43. The lowest BCUT2D eigenvalue weighted by Gasteiger charge is -2.32. The molecule has 0 saturated heterocycles. The zero-order valence-electron chi connectivity index (χ0n) is 13.5. The lowest BCUT2D eigenvalue weighted by atomic mass is 9.78. The van der Waals surface area contributed by atoms with Crippen LogP contribution >= 0.6 is 0 Å². The van der Waals surface area contributed by atoms with Gasteiger partial charge in [0, 0.05) is 6.04 Å². The van der Waals surface area contributed by atoms with Gasteiger partial charge in [-0.1, -0.05) is 50.1 Å². The Hall–Kier alpha value is -2.04. The van der Waals surface area contributed by atoms with Crippen LogP contribution in [0.25, 0.3) is 0 Å². The average molecular weight is 319 g/mol. The number of carboxylic acid groups (broad SMARTS) is 1. The van der Waals surface area contributed by atoms with Crippen molar-refractivity contribution >= 4 is 12.1 Å². The summed E-state index contributed by atoms with van der Waals surface area (Å²) < 4.78 is 5.21. The Morgan fingerprint density at radius 1 is 1.22 bits per heavy atom. The van der Waals surface area contributed by atoms with Crippen LogP contribution in [0.2, 0.25) is 0 Å². The number of aliphatic carboxylic acids is 1. The molecule has 23 heavy (non-hydrogen) atoms. The van der Waals surface area contributed by atoms with E-state index in [-0.39, 0.29) is 25.0 Å². The third-order valence-corrected chi connectivity index (χ3v) is 4.54. The molecule has 1 saturated carbocycles. The van der Waals surface area contributed by atoms with Crippen LogP contribution in [0, 0.1) is 11.8 Å². The van der Waals surface area contributed by atoms with Gasteiger partial charge in [0.1, 0.15) is 6.61 Å².